The topological polar surface area (TPSA) is 26.3 Å². The second-order valence-electron chi connectivity index (χ2n) is 3.28. The van der Waals surface area contributed by atoms with Gasteiger partial charge >= 0.3 is 0 Å². The molecule has 0 saturated carbocycles. The molecule has 0 aliphatic carbocycles. The largest absolute Gasteiger partial charge is 0.487 e. The highest BCUT2D eigenvalue weighted by Crippen LogP contribution is 2.29. The van der Waals surface area contributed by atoms with Crippen LogP contribution in [0.4, 0.5) is 0 Å². The number of carbonyl (C=O) groups excluding carboxylic acids is 1. The number of hydrogen-bond acceptors (Lipinski definition) is 2. The molecule has 0 aromatic carbocycles. The maximum absolute atomic E-state index is 10.8. The average Bonchev–Trinajstić information content (AvgIpc) is 2.18. The Hall–Kier alpha value is -0.790. The monoisotopic (exact) mass is 168 g/mol. The van der Waals surface area contributed by atoms with Crippen LogP contribution in [0.2, 0.25) is 0 Å². The summed E-state index contributed by atoms with van der Waals surface area (Å²) in [5.41, 5.74) is 0.791. The standard InChI is InChI=1S/C10H16O2/c1-3-9-5-6-10(4-2,8-11)12-7-9/h7-8H,3-6H2,1-2H3. The molecule has 1 aliphatic rings. The second kappa shape index (κ2) is 3.74. The Morgan fingerprint density at radius 1 is 1.67 bits per heavy atom. The summed E-state index contributed by atoms with van der Waals surface area (Å²) in [6, 6.07) is 0. The summed E-state index contributed by atoms with van der Waals surface area (Å²) in [6.07, 6.45) is 6.34. The van der Waals surface area contributed by atoms with Gasteiger partial charge in [0.2, 0.25) is 0 Å². The van der Waals surface area contributed by atoms with Crippen LogP contribution >= 0.6 is 0 Å². The van der Waals surface area contributed by atoms with E-state index < -0.39 is 5.60 Å². The maximum Gasteiger partial charge on any atom is 0.163 e. The normalized spacial score (nSPS) is 29.0. The molecule has 1 unspecified atom stereocenters. The average molecular weight is 168 g/mol. The van der Waals surface area contributed by atoms with Crippen molar-refractivity contribution in [1.29, 1.82) is 0 Å². The zero-order valence-electron chi connectivity index (χ0n) is 7.80. The Morgan fingerprint density at radius 3 is 2.75 bits per heavy atom. The molecule has 0 radical (unpaired) electrons. The van der Waals surface area contributed by atoms with Crippen LogP contribution in [0.15, 0.2) is 11.8 Å². The van der Waals surface area contributed by atoms with Gasteiger partial charge in [-0.15, -0.1) is 0 Å². The molecule has 0 N–H and O–H groups in total. The molecular weight excluding hydrogens is 152 g/mol. The zero-order chi connectivity index (χ0) is 9.03. The predicted molar refractivity (Wildman–Crippen MR) is 47.8 cm³/mol. The number of allylic oxidation sites excluding steroid dienone is 1. The lowest BCUT2D eigenvalue weighted by Gasteiger charge is -2.30. The van der Waals surface area contributed by atoms with Crippen LogP contribution in [0.3, 0.4) is 0 Å². The first kappa shape index (κ1) is 9.30. The second-order valence-corrected chi connectivity index (χ2v) is 3.28. The van der Waals surface area contributed by atoms with Gasteiger partial charge in [0.25, 0.3) is 0 Å². The van der Waals surface area contributed by atoms with E-state index in [2.05, 4.69) is 6.92 Å². The highest BCUT2D eigenvalue weighted by Gasteiger charge is 2.31. The number of aldehydes is 1. The SMILES string of the molecule is CCC1=COC(C=O)(CC)CC1. The van der Waals surface area contributed by atoms with Gasteiger partial charge in [-0.25, -0.2) is 0 Å². The molecule has 2 heteroatoms. The van der Waals surface area contributed by atoms with Gasteiger partial charge in [0.15, 0.2) is 11.9 Å². The minimum atomic E-state index is -0.515. The van der Waals surface area contributed by atoms with E-state index in [1.165, 1.54) is 5.57 Å². The summed E-state index contributed by atoms with van der Waals surface area (Å²) in [7, 11) is 0. The summed E-state index contributed by atoms with van der Waals surface area (Å²) >= 11 is 0. The van der Waals surface area contributed by atoms with E-state index in [0.717, 1.165) is 32.0 Å². The third-order valence-electron chi connectivity index (χ3n) is 2.60. The van der Waals surface area contributed by atoms with Crippen LogP contribution in [0.1, 0.15) is 39.5 Å². The summed E-state index contributed by atoms with van der Waals surface area (Å²) in [6.45, 7) is 4.09. The van der Waals surface area contributed by atoms with Crippen LogP contribution in [0.5, 0.6) is 0 Å². The molecule has 0 aromatic heterocycles. The van der Waals surface area contributed by atoms with Crippen LogP contribution in [-0.2, 0) is 9.53 Å². The Labute approximate surface area is 73.6 Å². The highest BCUT2D eigenvalue weighted by atomic mass is 16.5. The van der Waals surface area contributed by atoms with E-state index in [4.69, 9.17) is 4.74 Å². The molecular formula is C10H16O2. The molecule has 0 bridgehead atoms. The lowest BCUT2D eigenvalue weighted by Crippen LogP contribution is -2.34. The minimum absolute atomic E-state index is 0.515. The predicted octanol–water partition coefficient (Wildman–Crippen LogP) is 2.44. The smallest absolute Gasteiger partial charge is 0.163 e. The lowest BCUT2D eigenvalue weighted by atomic mass is 9.91. The number of ether oxygens (including phenoxy) is 1. The fourth-order valence-electron chi connectivity index (χ4n) is 1.38. The van der Waals surface area contributed by atoms with E-state index in [0.29, 0.717) is 0 Å². The van der Waals surface area contributed by atoms with Gasteiger partial charge < -0.3 is 4.74 Å². The Kier molecular flexibility index (Phi) is 2.90. The van der Waals surface area contributed by atoms with E-state index >= 15 is 0 Å². The van der Waals surface area contributed by atoms with Crippen molar-refractivity contribution in [3.05, 3.63) is 11.8 Å². The van der Waals surface area contributed by atoms with Gasteiger partial charge in [-0.05, 0) is 31.3 Å². The first-order valence-corrected chi connectivity index (χ1v) is 4.58. The molecule has 1 atom stereocenters. The van der Waals surface area contributed by atoms with E-state index in [1.54, 1.807) is 6.26 Å². The van der Waals surface area contributed by atoms with Crippen molar-refractivity contribution in [2.45, 2.75) is 45.1 Å². The first-order chi connectivity index (χ1) is 5.76. The minimum Gasteiger partial charge on any atom is -0.487 e. The van der Waals surface area contributed by atoms with Crippen molar-refractivity contribution in [2.75, 3.05) is 0 Å². The van der Waals surface area contributed by atoms with Gasteiger partial charge in [0, 0.05) is 0 Å². The molecule has 68 valence electrons. The summed E-state index contributed by atoms with van der Waals surface area (Å²) in [5.74, 6) is 0. The van der Waals surface area contributed by atoms with Crippen molar-refractivity contribution >= 4 is 6.29 Å². The Morgan fingerprint density at radius 2 is 2.42 bits per heavy atom. The van der Waals surface area contributed by atoms with Gasteiger partial charge in [0.1, 0.15) is 0 Å². The third kappa shape index (κ3) is 1.68. The number of hydrogen-bond donors (Lipinski definition) is 0. The fraction of sp³-hybridized carbons (Fsp3) is 0.700. The van der Waals surface area contributed by atoms with Crippen LogP contribution < -0.4 is 0 Å². The van der Waals surface area contributed by atoms with Crippen LogP contribution in [0.25, 0.3) is 0 Å². The summed E-state index contributed by atoms with van der Waals surface area (Å²) in [5, 5.41) is 0. The van der Waals surface area contributed by atoms with Gasteiger partial charge in [-0.2, -0.15) is 0 Å². The number of rotatable bonds is 3. The van der Waals surface area contributed by atoms with Crippen molar-refractivity contribution in [3.63, 3.8) is 0 Å². The van der Waals surface area contributed by atoms with E-state index in [-0.39, 0.29) is 0 Å². The Bertz CT molecular complexity index is 196. The molecule has 0 spiro atoms. The van der Waals surface area contributed by atoms with Crippen LogP contribution in [-0.4, -0.2) is 11.9 Å². The molecule has 0 fully saturated rings. The lowest BCUT2D eigenvalue weighted by molar-refractivity contribution is -0.126. The van der Waals surface area contributed by atoms with E-state index in [1.807, 2.05) is 6.92 Å². The fourth-order valence-corrected chi connectivity index (χ4v) is 1.38. The Balaban J connectivity index is 2.65. The molecule has 0 aromatic rings. The van der Waals surface area contributed by atoms with Gasteiger partial charge in [-0.3, -0.25) is 4.79 Å². The first-order valence-electron chi connectivity index (χ1n) is 4.58. The van der Waals surface area contributed by atoms with Crippen molar-refractivity contribution in [2.24, 2.45) is 0 Å². The highest BCUT2D eigenvalue weighted by molar-refractivity contribution is 5.63. The van der Waals surface area contributed by atoms with Crippen molar-refractivity contribution < 1.29 is 9.53 Å². The molecule has 1 rings (SSSR count). The van der Waals surface area contributed by atoms with E-state index in [9.17, 15) is 4.79 Å². The van der Waals surface area contributed by atoms with Gasteiger partial charge in [-0.1, -0.05) is 13.8 Å². The number of carbonyl (C=O) groups is 1. The van der Waals surface area contributed by atoms with Crippen LogP contribution in [0, 0.1) is 0 Å². The molecule has 2 nitrogen and oxygen atoms in total. The summed E-state index contributed by atoms with van der Waals surface area (Å²) in [4.78, 5) is 10.8. The van der Waals surface area contributed by atoms with Gasteiger partial charge in [0.05, 0.1) is 6.26 Å². The molecule has 0 saturated heterocycles. The molecule has 0 amide bonds. The maximum atomic E-state index is 10.8. The zero-order valence-corrected chi connectivity index (χ0v) is 7.80. The molecule has 1 heterocycles. The quantitative estimate of drug-likeness (QED) is 0.605. The summed E-state index contributed by atoms with van der Waals surface area (Å²) < 4.78 is 5.44. The van der Waals surface area contributed by atoms with Crippen molar-refractivity contribution in [1.82, 2.24) is 0 Å². The third-order valence-corrected chi connectivity index (χ3v) is 2.60. The molecule has 12 heavy (non-hydrogen) atoms. The van der Waals surface area contributed by atoms with Crippen molar-refractivity contribution in [3.8, 4) is 0 Å². The molecule has 1 aliphatic heterocycles.